The number of aliphatic carboxylic acids is 1. The van der Waals surface area contributed by atoms with Gasteiger partial charge < -0.3 is 10.0 Å². The number of carboxylic acids is 1. The van der Waals surface area contributed by atoms with Crippen LogP contribution in [0.1, 0.15) is 0 Å². The average molecular weight is 318 g/mol. The van der Waals surface area contributed by atoms with Crippen LogP contribution in [0, 0.1) is 0 Å². The molecule has 6 heteroatoms. The van der Waals surface area contributed by atoms with Crippen LogP contribution in [0.4, 0.5) is 0 Å². The van der Waals surface area contributed by atoms with Gasteiger partial charge in [-0.1, -0.05) is 15.9 Å². The molecule has 0 aliphatic heterocycles. The topological polar surface area (TPSA) is 57.6 Å². The highest BCUT2D eigenvalue weighted by Gasteiger charge is 2.11. The number of carboxylic acid groups (broad SMARTS) is 1. The smallest absolute Gasteiger partial charge is 0.323 e. The third kappa shape index (κ3) is 5.23. The molecule has 1 aromatic carbocycles. The molecule has 0 radical (unpaired) electrons. The first-order valence-corrected chi connectivity index (χ1v) is 6.61. The Morgan fingerprint density at radius 2 is 1.94 bits per heavy atom. The van der Waals surface area contributed by atoms with E-state index in [0.29, 0.717) is 0 Å². The highest BCUT2D eigenvalue weighted by Crippen LogP contribution is 2.20. The predicted molar refractivity (Wildman–Crippen MR) is 70.1 cm³/mol. The van der Waals surface area contributed by atoms with Crippen molar-refractivity contribution in [2.45, 2.75) is 4.90 Å². The Kier molecular flexibility index (Phi) is 5.50. The van der Waals surface area contributed by atoms with Gasteiger partial charge in [0.25, 0.3) is 0 Å². The normalized spacial score (nSPS) is 10.0. The lowest BCUT2D eigenvalue weighted by Gasteiger charge is -2.13. The van der Waals surface area contributed by atoms with Crippen LogP contribution in [0.25, 0.3) is 0 Å². The van der Waals surface area contributed by atoms with Crippen molar-refractivity contribution in [2.24, 2.45) is 0 Å². The standard InChI is InChI=1S/C11H12BrNO3S/c1-13(6-11(15)16)10(14)7-17-9-4-2-8(12)3-5-9/h2-5H,6-7H2,1H3,(H,15,16). The van der Waals surface area contributed by atoms with Crippen molar-refractivity contribution in [3.8, 4) is 0 Å². The summed E-state index contributed by atoms with van der Waals surface area (Å²) in [5.41, 5.74) is 0. The van der Waals surface area contributed by atoms with Crippen molar-refractivity contribution in [1.82, 2.24) is 4.90 Å². The van der Waals surface area contributed by atoms with Crippen molar-refractivity contribution in [2.75, 3.05) is 19.3 Å². The van der Waals surface area contributed by atoms with Crippen molar-refractivity contribution < 1.29 is 14.7 Å². The molecule has 0 atom stereocenters. The first-order valence-electron chi connectivity index (χ1n) is 4.83. The molecule has 4 nitrogen and oxygen atoms in total. The molecule has 1 amide bonds. The van der Waals surface area contributed by atoms with E-state index in [4.69, 9.17) is 5.11 Å². The summed E-state index contributed by atoms with van der Waals surface area (Å²) in [5, 5.41) is 8.54. The van der Waals surface area contributed by atoms with Crippen LogP contribution in [-0.2, 0) is 9.59 Å². The zero-order valence-corrected chi connectivity index (χ0v) is 11.6. The van der Waals surface area contributed by atoms with Gasteiger partial charge in [-0.3, -0.25) is 9.59 Å². The van der Waals surface area contributed by atoms with Gasteiger partial charge in [-0.2, -0.15) is 0 Å². The van der Waals surface area contributed by atoms with E-state index >= 15 is 0 Å². The molecule has 0 aliphatic rings. The van der Waals surface area contributed by atoms with E-state index in [1.165, 1.54) is 23.7 Å². The summed E-state index contributed by atoms with van der Waals surface area (Å²) >= 11 is 4.71. The molecular weight excluding hydrogens is 306 g/mol. The fourth-order valence-electron chi connectivity index (χ4n) is 1.08. The van der Waals surface area contributed by atoms with Crippen LogP contribution >= 0.6 is 27.7 Å². The number of hydrogen-bond donors (Lipinski definition) is 1. The molecule has 1 rings (SSSR count). The Labute approximate surface area is 112 Å². The predicted octanol–water partition coefficient (Wildman–Crippen LogP) is 2.08. The molecule has 0 bridgehead atoms. The maximum absolute atomic E-state index is 11.6. The second kappa shape index (κ2) is 6.66. The number of carbonyl (C=O) groups is 2. The summed E-state index contributed by atoms with van der Waals surface area (Å²) in [4.78, 5) is 24.2. The zero-order chi connectivity index (χ0) is 12.8. The van der Waals surface area contributed by atoms with Gasteiger partial charge in [0, 0.05) is 16.4 Å². The third-order valence-corrected chi connectivity index (χ3v) is 3.50. The van der Waals surface area contributed by atoms with E-state index < -0.39 is 5.97 Å². The van der Waals surface area contributed by atoms with Crippen molar-refractivity contribution in [3.63, 3.8) is 0 Å². The van der Waals surface area contributed by atoms with Gasteiger partial charge in [-0.15, -0.1) is 11.8 Å². The van der Waals surface area contributed by atoms with Crippen molar-refractivity contribution in [3.05, 3.63) is 28.7 Å². The third-order valence-electron chi connectivity index (χ3n) is 1.97. The quantitative estimate of drug-likeness (QED) is 0.845. The van der Waals surface area contributed by atoms with Crippen LogP contribution in [0.15, 0.2) is 33.6 Å². The minimum Gasteiger partial charge on any atom is -0.480 e. The molecule has 0 heterocycles. The Morgan fingerprint density at radius 3 is 2.47 bits per heavy atom. The largest absolute Gasteiger partial charge is 0.480 e. The lowest BCUT2D eigenvalue weighted by molar-refractivity contribution is -0.142. The number of amides is 1. The average Bonchev–Trinajstić information content (AvgIpc) is 2.27. The molecule has 0 spiro atoms. The fourth-order valence-corrected chi connectivity index (χ4v) is 2.18. The summed E-state index contributed by atoms with van der Waals surface area (Å²) in [5.74, 6) is -0.958. The number of likely N-dealkylation sites (N-methyl/N-ethyl adjacent to an activating group) is 1. The summed E-state index contributed by atoms with van der Waals surface area (Å²) in [6.07, 6.45) is 0. The number of benzene rings is 1. The monoisotopic (exact) mass is 317 g/mol. The van der Waals surface area contributed by atoms with Crippen LogP contribution in [0.3, 0.4) is 0 Å². The van der Waals surface area contributed by atoms with Crippen LogP contribution in [0.2, 0.25) is 0 Å². The van der Waals surface area contributed by atoms with E-state index in [1.807, 2.05) is 24.3 Å². The molecule has 0 saturated carbocycles. The van der Waals surface area contributed by atoms with Crippen molar-refractivity contribution >= 4 is 39.6 Å². The molecule has 1 aromatic rings. The zero-order valence-electron chi connectivity index (χ0n) is 9.22. The maximum atomic E-state index is 11.6. The number of thioether (sulfide) groups is 1. The fraction of sp³-hybridized carbons (Fsp3) is 0.273. The SMILES string of the molecule is CN(CC(=O)O)C(=O)CSc1ccc(Br)cc1. The van der Waals surface area contributed by atoms with Crippen molar-refractivity contribution in [1.29, 1.82) is 0 Å². The Balaban J connectivity index is 2.42. The van der Waals surface area contributed by atoms with E-state index in [9.17, 15) is 9.59 Å². The van der Waals surface area contributed by atoms with Gasteiger partial charge in [-0.25, -0.2) is 0 Å². The van der Waals surface area contributed by atoms with Gasteiger partial charge in [0.2, 0.25) is 5.91 Å². The van der Waals surface area contributed by atoms with Gasteiger partial charge in [-0.05, 0) is 24.3 Å². The second-order valence-corrected chi connectivity index (χ2v) is 5.35. The van der Waals surface area contributed by atoms with E-state index in [-0.39, 0.29) is 18.2 Å². The molecule has 0 unspecified atom stereocenters. The molecular formula is C11H12BrNO3S. The van der Waals surface area contributed by atoms with E-state index in [2.05, 4.69) is 15.9 Å². The molecule has 17 heavy (non-hydrogen) atoms. The maximum Gasteiger partial charge on any atom is 0.323 e. The number of nitrogens with zero attached hydrogens (tertiary/aromatic N) is 1. The summed E-state index contributed by atoms with van der Waals surface area (Å²) < 4.78 is 0.983. The molecule has 0 aromatic heterocycles. The summed E-state index contributed by atoms with van der Waals surface area (Å²) in [6, 6.07) is 7.60. The minimum atomic E-state index is -1.01. The molecule has 92 valence electrons. The van der Waals surface area contributed by atoms with Crippen LogP contribution in [-0.4, -0.2) is 41.2 Å². The Morgan fingerprint density at radius 1 is 1.35 bits per heavy atom. The van der Waals surface area contributed by atoms with E-state index in [0.717, 1.165) is 9.37 Å². The lowest BCUT2D eigenvalue weighted by atomic mass is 10.4. The first-order chi connectivity index (χ1) is 7.99. The van der Waals surface area contributed by atoms with Crippen LogP contribution in [0.5, 0.6) is 0 Å². The highest BCUT2D eigenvalue weighted by molar-refractivity contribution is 9.10. The molecule has 1 N–H and O–H groups in total. The Bertz CT molecular complexity index is 408. The second-order valence-electron chi connectivity index (χ2n) is 3.39. The van der Waals surface area contributed by atoms with Gasteiger partial charge in [0.05, 0.1) is 5.75 Å². The number of rotatable bonds is 5. The minimum absolute atomic E-state index is 0.194. The highest BCUT2D eigenvalue weighted by atomic mass is 79.9. The number of hydrogen-bond acceptors (Lipinski definition) is 3. The Hall–Kier alpha value is -1.01. The molecule has 0 saturated heterocycles. The number of halogens is 1. The van der Waals surface area contributed by atoms with E-state index in [1.54, 1.807) is 0 Å². The van der Waals surface area contributed by atoms with Gasteiger partial charge >= 0.3 is 5.97 Å². The number of carbonyl (C=O) groups excluding carboxylic acids is 1. The molecule has 0 aliphatic carbocycles. The van der Waals surface area contributed by atoms with Crippen LogP contribution < -0.4 is 0 Å². The van der Waals surface area contributed by atoms with Gasteiger partial charge in [0.1, 0.15) is 6.54 Å². The lowest BCUT2D eigenvalue weighted by Crippen LogP contribution is -2.33. The summed E-state index contributed by atoms with van der Waals surface area (Å²) in [7, 11) is 1.48. The van der Waals surface area contributed by atoms with Gasteiger partial charge in [0.15, 0.2) is 0 Å². The molecule has 0 fully saturated rings. The first kappa shape index (κ1) is 14.1. The summed E-state index contributed by atoms with van der Waals surface area (Å²) in [6.45, 7) is -0.264.